The van der Waals surface area contributed by atoms with Gasteiger partial charge in [0.25, 0.3) is 0 Å². The zero-order chi connectivity index (χ0) is 21.8. The average molecular weight is 461 g/mol. The van der Waals surface area contributed by atoms with Crippen LogP contribution >= 0.6 is 22.9 Å². The van der Waals surface area contributed by atoms with Crippen molar-refractivity contribution in [3.8, 4) is 5.06 Å². The van der Waals surface area contributed by atoms with Crippen LogP contribution in [0.25, 0.3) is 0 Å². The number of nitrogens with zero attached hydrogens (tertiary/aromatic N) is 1. The summed E-state index contributed by atoms with van der Waals surface area (Å²) in [5, 5.41) is 3.44. The van der Waals surface area contributed by atoms with Crippen molar-refractivity contribution in [3.05, 3.63) is 51.9 Å². The normalized spacial score (nSPS) is 21.8. The number of rotatable bonds is 5. The van der Waals surface area contributed by atoms with E-state index in [-0.39, 0.29) is 23.8 Å². The second kappa shape index (κ2) is 10.0. The summed E-state index contributed by atoms with van der Waals surface area (Å²) in [6, 6.07) is 11.9. The second-order valence-corrected chi connectivity index (χ2v) is 10.2. The van der Waals surface area contributed by atoms with Gasteiger partial charge in [-0.2, -0.15) is 0 Å². The number of thiophene rings is 1. The minimum atomic E-state index is -0.501. The molecule has 7 heteroatoms. The molecule has 1 saturated heterocycles. The summed E-state index contributed by atoms with van der Waals surface area (Å²) < 4.78 is 5.96. The van der Waals surface area contributed by atoms with E-state index in [2.05, 4.69) is 36.5 Å². The van der Waals surface area contributed by atoms with Crippen LogP contribution in [0, 0.1) is 5.92 Å². The molecule has 2 unspecified atom stereocenters. The molecular formula is C24H29ClN2O3S. The summed E-state index contributed by atoms with van der Waals surface area (Å²) >= 11 is 7.14. The Morgan fingerprint density at radius 2 is 1.87 bits per heavy atom. The van der Waals surface area contributed by atoms with Crippen LogP contribution in [0.1, 0.15) is 56.1 Å². The molecule has 0 bridgehead atoms. The zero-order valence-corrected chi connectivity index (χ0v) is 19.4. The minimum Gasteiger partial charge on any atom is -0.399 e. The molecule has 31 heavy (non-hydrogen) atoms. The van der Waals surface area contributed by atoms with Crippen molar-refractivity contribution in [2.24, 2.45) is 5.92 Å². The molecule has 1 aromatic carbocycles. The lowest BCUT2D eigenvalue weighted by Crippen LogP contribution is -2.53. The van der Waals surface area contributed by atoms with Crippen molar-refractivity contribution in [2.45, 2.75) is 57.4 Å². The van der Waals surface area contributed by atoms with Gasteiger partial charge in [0, 0.05) is 24.9 Å². The van der Waals surface area contributed by atoms with Gasteiger partial charge >= 0.3 is 6.09 Å². The van der Waals surface area contributed by atoms with Crippen molar-refractivity contribution in [1.29, 1.82) is 0 Å². The fraction of sp³-hybridized carbons (Fsp3) is 0.500. The molecule has 166 valence electrons. The van der Waals surface area contributed by atoms with Crippen LogP contribution in [0.2, 0.25) is 4.34 Å². The first kappa shape index (κ1) is 22.2. The number of hydrogen-bond donors (Lipinski definition) is 1. The number of ether oxygens (including phenoxy) is 1. The Balaban J connectivity index is 1.47. The number of nitrogens with one attached hydrogen (secondary N) is 1. The number of piperidine rings is 1. The lowest BCUT2D eigenvalue weighted by Gasteiger charge is -2.39. The lowest BCUT2D eigenvalue weighted by molar-refractivity contribution is -0.137. The SMILES string of the molecule is CCc1ccc(C2CC(NC(=O)Oc3ccc(Cl)s3)CN(C(=O)C3CCCC3)C2)cc1. The van der Waals surface area contributed by atoms with Crippen LogP contribution < -0.4 is 10.1 Å². The molecule has 1 aliphatic carbocycles. The maximum absolute atomic E-state index is 13.2. The van der Waals surface area contributed by atoms with E-state index in [1.807, 2.05) is 4.90 Å². The van der Waals surface area contributed by atoms with Gasteiger partial charge in [-0.05, 0) is 48.9 Å². The summed E-state index contributed by atoms with van der Waals surface area (Å²) in [7, 11) is 0. The molecule has 1 N–H and O–H groups in total. The average Bonchev–Trinajstić information content (AvgIpc) is 3.45. The Kier molecular flexibility index (Phi) is 7.18. The molecule has 2 aromatic rings. The predicted molar refractivity (Wildman–Crippen MR) is 124 cm³/mol. The third kappa shape index (κ3) is 5.60. The van der Waals surface area contributed by atoms with Crippen LogP contribution in [-0.4, -0.2) is 36.0 Å². The van der Waals surface area contributed by atoms with E-state index in [1.165, 1.54) is 22.5 Å². The molecule has 4 rings (SSSR count). The van der Waals surface area contributed by atoms with Gasteiger partial charge in [-0.1, -0.05) is 67.0 Å². The molecular weight excluding hydrogens is 432 g/mol. The van der Waals surface area contributed by atoms with Gasteiger partial charge in [-0.25, -0.2) is 4.79 Å². The maximum atomic E-state index is 13.2. The van der Waals surface area contributed by atoms with Crippen molar-refractivity contribution >= 4 is 34.9 Å². The molecule has 2 fully saturated rings. The first-order chi connectivity index (χ1) is 15.0. The quantitative estimate of drug-likeness (QED) is 0.629. The van der Waals surface area contributed by atoms with Gasteiger partial charge in [0.2, 0.25) is 5.91 Å². The molecule has 1 aliphatic heterocycles. The molecule has 0 spiro atoms. The molecule has 0 radical (unpaired) electrons. The van der Waals surface area contributed by atoms with Gasteiger partial charge in [0.15, 0.2) is 5.06 Å². The fourth-order valence-corrected chi connectivity index (χ4v) is 5.59. The largest absolute Gasteiger partial charge is 0.413 e. The van der Waals surface area contributed by atoms with Crippen LogP contribution in [-0.2, 0) is 11.2 Å². The summed E-state index contributed by atoms with van der Waals surface area (Å²) in [5.41, 5.74) is 2.51. The summed E-state index contributed by atoms with van der Waals surface area (Å²) in [5.74, 6) is 0.547. The lowest BCUT2D eigenvalue weighted by atomic mass is 9.87. The van der Waals surface area contributed by atoms with Crippen molar-refractivity contribution in [1.82, 2.24) is 10.2 Å². The molecule has 2 aliphatic rings. The first-order valence-electron chi connectivity index (χ1n) is 11.1. The Labute approximate surface area is 192 Å². The minimum absolute atomic E-state index is 0.127. The Bertz CT molecular complexity index is 908. The number of likely N-dealkylation sites (tertiary alicyclic amines) is 1. The number of halogens is 1. The van der Waals surface area contributed by atoms with E-state index in [1.54, 1.807) is 12.1 Å². The van der Waals surface area contributed by atoms with Gasteiger partial charge in [0.1, 0.15) is 0 Å². The van der Waals surface area contributed by atoms with Crippen molar-refractivity contribution in [3.63, 3.8) is 0 Å². The smallest absolute Gasteiger partial charge is 0.399 e. The Hall–Kier alpha value is -2.05. The molecule has 2 heterocycles. The number of benzene rings is 1. The van der Waals surface area contributed by atoms with Gasteiger partial charge in [0.05, 0.1) is 10.4 Å². The third-order valence-electron chi connectivity index (χ3n) is 6.39. The monoisotopic (exact) mass is 460 g/mol. The third-order valence-corrected chi connectivity index (χ3v) is 7.50. The number of carbonyl (C=O) groups is 2. The maximum Gasteiger partial charge on any atom is 0.413 e. The fourth-order valence-electron chi connectivity index (χ4n) is 4.72. The Morgan fingerprint density at radius 1 is 1.13 bits per heavy atom. The number of hydrogen-bond acceptors (Lipinski definition) is 4. The number of aryl methyl sites for hydroxylation is 1. The molecule has 1 aromatic heterocycles. The van der Waals surface area contributed by atoms with Crippen LogP contribution in [0.3, 0.4) is 0 Å². The van der Waals surface area contributed by atoms with E-state index < -0.39 is 6.09 Å². The van der Waals surface area contributed by atoms with Crippen LogP contribution in [0.4, 0.5) is 4.79 Å². The highest BCUT2D eigenvalue weighted by molar-refractivity contribution is 7.17. The van der Waals surface area contributed by atoms with Crippen molar-refractivity contribution in [2.75, 3.05) is 13.1 Å². The molecule has 1 saturated carbocycles. The van der Waals surface area contributed by atoms with Gasteiger partial charge in [-0.15, -0.1) is 0 Å². The Morgan fingerprint density at radius 3 is 2.52 bits per heavy atom. The van der Waals surface area contributed by atoms with Gasteiger partial charge in [-0.3, -0.25) is 4.79 Å². The standard InChI is InChI=1S/C24H29ClN2O3S/c1-2-16-7-9-17(10-8-16)19-13-20(26-24(29)30-22-12-11-21(25)31-22)15-27(14-19)23(28)18-5-3-4-6-18/h7-12,18-20H,2-6,13-15H2,1H3,(H,26,29). The molecule has 2 amide bonds. The topological polar surface area (TPSA) is 58.6 Å². The molecule has 5 nitrogen and oxygen atoms in total. The van der Waals surface area contributed by atoms with E-state index in [9.17, 15) is 9.59 Å². The second-order valence-electron chi connectivity index (χ2n) is 8.54. The van der Waals surface area contributed by atoms with Crippen molar-refractivity contribution < 1.29 is 14.3 Å². The van der Waals surface area contributed by atoms with E-state index in [0.717, 1.165) is 38.5 Å². The van der Waals surface area contributed by atoms with E-state index >= 15 is 0 Å². The van der Waals surface area contributed by atoms with E-state index in [4.69, 9.17) is 16.3 Å². The zero-order valence-electron chi connectivity index (χ0n) is 17.8. The van der Waals surface area contributed by atoms with Crippen LogP contribution in [0.15, 0.2) is 36.4 Å². The van der Waals surface area contributed by atoms with Gasteiger partial charge < -0.3 is 15.0 Å². The summed E-state index contributed by atoms with van der Waals surface area (Å²) in [6.07, 6.45) is 5.49. The first-order valence-corrected chi connectivity index (χ1v) is 12.3. The summed E-state index contributed by atoms with van der Waals surface area (Å²) in [6.45, 7) is 3.37. The predicted octanol–water partition coefficient (Wildman–Crippen LogP) is 5.63. The van der Waals surface area contributed by atoms with E-state index in [0.29, 0.717) is 22.5 Å². The molecule has 2 atom stereocenters. The summed E-state index contributed by atoms with van der Waals surface area (Å²) in [4.78, 5) is 27.6. The highest BCUT2D eigenvalue weighted by Gasteiger charge is 2.35. The highest BCUT2D eigenvalue weighted by atomic mass is 35.5. The number of carbonyl (C=O) groups excluding carboxylic acids is 2. The number of amides is 2. The van der Waals surface area contributed by atoms with Crippen LogP contribution in [0.5, 0.6) is 5.06 Å². The highest BCUT2D eigenvalue weighted by Crippen LogP contribution is 2.32.